The molecule has 1 heterocycles. The van der Waals surface area contributed by atoms with Gasteiger partial charge in [0.2, 0.25) is 0 Å². The molecule has 0 aliphatic heterocycles. The van der Waals surface area contributed by atoms with Crippen LogP contribution in [0.1, 0.15) is 37.8 Å². The van der Waals surface area contributed by atoms with Crippen LogP contribution >= 0.6 is 0 Å². The molecule has 0 radical (unpaired) electrons. The molecule has 0 saturated heterocycles. The number of hydrogen-bond donors (Lipinski definition) is 2. The van der Waals surface area contributed by atoms with Crippen LogP contribution in [0.5, 0.6) is 0 Å². The Bertz CT molecular complexity index is 494. The Hall–Kier alpha value is -1.89. The van der Waals surface area contributed by atoms with E-state index in [-0.39, 0.29) is 30.5 Å². The van der Waals surface area contributed by atoms with Crippen molar-refractivity contribution in [2.75, 3.05) is 19.5 Å². The van der Waals surface area contributed by atoms with Crippen molar-refractivity contribution in [3.05, 3.63) is 21.7 Å². The van der Waals surface area contributed by atoms with Gasteiger partial charge in [-0.3, -0.25) is 9.59 Å². The molecule has 0 fully saturated rings. The van der Waals surface area contributed by atoms with E-state index in [9.17, 15) is 9.59 Å². The standard InChI is InChI=1S/C12H19N3O4/c1-4-8(18-3)11-14-10(13)7(12(17)15-11)6-9(16)19-5-2/h8H,4-6H2,1-3H3,(H3,13,14,15,17). The van der Waals surface area contributed by atoms with E-state index < -0.39 is 11.5 Å². The lowest BCUT2D eigenvalue weighted by atomic mass is 10.2. The van der Waals surface area contributed by atoms with Gasteiger partial charge in [0, 0.05) is 7.11 Å². The van der Waals surface area contributed by atoms with Gasteiger partial charge in [-0.15, -0.1) is 0 Å². The molecule has 7 nitrogen and oxygen atoms in total. The number of anilines is 1. The van der Waals surface area contributed by atoms with E-state index in [1.807, 2.05) is 6.92 Å². The van der Waals surface area contributed by atoms with Crippen LogP contribution in [0.3, 0.4) is 0 Å². The van der Waals surface area contributed by atoms with Gasteiger partial charge in [0.25, 0.3) is 5.56 Å². The zero-order valence-corrected chi connectivity index (χ0v) is 11.4. The van der Waals surface area contributed by atoms with E-state index in [0.717, 1.165) is 0 Å². The number of nitrogens with zero attached hydrogens (tertiary/aromatic N) is 1. The molecule has 0 aliphatic carbocycles. The summed E-state index contributed by atoms with van der Waals surface area (Å²) in [5.74, 6) is -0.115. The highest BCUT2D eigenvalue weighted by molar-refractivity contribution is 5.74. The molecule has 1 rings (SSSR count). The summed E-state index contributed by atoms with van der Waals surface area (Å²) in [4.78, 5) is 29.9. The normalized spacial score (nSPS) is 12.2. The molecule has 3 N–H and O–H groups in total. The smallest absolute Gasteiger partial charge is 0.310 e. The van der Waals surface area contributed by atoms with Crippen molar-refractivity contribution in [2.45, 2.75) is 32.8 Å². The number of aromatic nitrogens is 2. The Labute approximate surface area is 111 Å². The lowest BCUT2D eigenvalue weighted by Crippen LogP contribution is -2.24. The number of H-pyrrole nitrogens is 1. The fourth-order valence-corrected chi connectivity index (χ4v) is 1.68. The highest BCUT2D eigenvalue weighted by Crippen LogP contribution is 2.16. The van der Waals surface area contributed by atoms with Gasteiger partial charge in [-0.25, -0.2) is 4.98 Å². The predicted molar refractivity (Wildman–Crippen MR) is 69.6 cm³/mol. The Morgan fingerprint density at radius 3 is 2.63 bits per heavy atom. The molecule has 7 heteroatoms. The molecule has 106 valence electrons. The average Bonchev–Trinajstić information content (AvgIpc) is 2.36. The number of nitrogens with one attached hydrogen (secondary N) is 1. The Morgan fingerprint density at radius 1 is 1.47 bits per heavy atom. The molecule has 1 atom stereocenters. The first kappa shape index (κ1) is 15.2. The highest BCUT2D eigenvalue weighted by atomic mass is 16.5. The molecule has 0 amide bonds. The Balaban J connectivity index is 3.04. The zero-order chi connectivity index (χ0) is 14.4. The second kappa shape index (κ2) is 6.89. The van der Waals surface area contributed by atoms with Crippen LogP contribution in [-0.2, 0) is 20.7 Å². The maximum absolute atomic E-state index is 11.9. The van der Waals surface area contributed by atoms with Crippen LogP contribution < -0.4 is 11.3 Å². The number of esters is 1. The van der Waals surface area contributed by atoms with Crippen molar-refractivity contribution < 1.29 is 14.3 Å². The second-order valence-electron chi connectivity index (χ2n) is 3.93. The van der Waals surface area contributed by atoms with Crippen molar-refractivity contribution in [1.29, 1.82) is 0 Å². The maximum Gasteiger partial charge on any atom is 0.310 e. The van der Waals surface area contributed by atoms with Gasteiger partial charge in [-0.2, -0.15) is 0 Å². The Morgan fingerprint density at radius 2 is 2.16 bits per heavy atom. The highest BCUT2D eigenvalue weighted by Gasteiger charge is 2.17. The maximum atomic E-state index is 11.9. The third kappa shape index (κ3) is 3.78. The molecule has 1 unspecified atom stereocenters. The van der Waals surface area contributed by atoms with Crippen LogP contribution in [0.4, 0.5) is 5.82 Å². The molecular formula is C12H19N3O4. The molecule has 0 aromatic carbocycles. The van der Waals surface area contributed by atoms with Gasteiger partial charge in [0.05, 0.1) is 18.6 Å². The Kier molecular flexibility index (Phi) is 5.50. The van der Waals surface area contributed by atoms with Gasteiger partial charge < -0.3 is 20.2 Å². The summed E-state index contributed by atoms with van der Waals surface area (Å²) >= 11 is 0. The molecule has 0 saturated carbocycles. The zero-order valence-electron chi connectivity index (χ0n) is 11.4. The first-order chi connectivity index (χ1) is 9.03. The van der Waals surface area contributed by atoms with E-state index in [2.05, 4.69) is 9.97 Å². The van der Waals surface area contributed by atoms with Crippen molar-refractivity contribution in [2.24, 2.45) is 0 Å². The van der Waals surface area contributed by atoms with Crippen molar-refractivity contribution in [3.63, 3.8) is 0 Å². The van der Waals surface area contributed by atoms with E-state index >= 15 is 0 Å². The van der Waals surface area contributed by atoms with Gasteiger partial charge in [-0.1, -0.05) is 6.92 Å². The first-order valence-electron chi connectivity index (χ1n) is 6.10. The number of carbonyl (C=O) groups excluding carboxylic acids is 1. The van der Waals surface area contributed by atoms with E-state index in [0.29, 0.717) is 12.2 Å². The number of methoxy groups -OCH3 is 1. The van der Waals surface area contributed by atoms with Crippen LogP contribution in [-0.4, -0.2) is 29.7 Å². The van der Waals surface area contributed by atoms with Crippen molar-refractivity contribution in [1.82, 2.24) is 9.97 Å². The molecule has 0 spiro atoms. The number of aromatic amines is 1. The van der Waals surface area contributed by atoms with E-state index in [1.165, 1.54) is 7.11 Å². The number of nitrogen functional groups attached to an aromatic ring is 1. The number of ether oxygens (including phenoxy) is 2. The monoisotopic (exact) mass is 269 g/mol. The van der Waals surface area contributed by atoms with E-state index in [4.69, 9.17) is 15.2 Å². The minimum Gasteiger partial charge on any atom is -0.466 e. The first-order valence-corrected chi connectivity index (χ1v) is 6.10. The fraction of sp³-hybridized carbons (Fsp3) is 0.583. The molecule has 1 aromatic rings. The van der Waals surface area contributed by atoms with Gasteiger partial charge in [0.1, 0.15) is 17.7 Å². The van der Waals surface area contributed by atoms with Gasteiger partial charge in [0.15, 0.2) is 0 Å². The van der Waals surface area contributed by atoms with Crippen molar-refractivity contribution in [3.8, 4) is 0 Å². The van der Waals surface area contributed by atoms with Crippen LogP contribution in [0, 0.1) is 0 Å². The quantitative estimate of drug-likeness (QED) is 0.730. The molecular weight excluding hydrogens is 250 g/mol. The van der Waals surface area contributed by atoms with Gasteiger partial charge in [-0.05, 0) is 13.3 Å². The summed E-state index contributed by atoms with van der Waals surface area (Å²) in [6.45, 7) is 3.85. The summed E-state index contributed by atoms with van der Waals surface area (Å²) in [7, 11) is 1.52. The largest absolute Gasteiger partial charge is 0.466 e. The number of carbonyl (C=O) groups is 1. The van der Waals surface area contributed by atoms with Gasteiger partial charge >= 0.3 is 5.97 Å². The minimum absolute atomic E-state index is 0.0299. The molecule has 0 bridgehead atoms. The number of rotatable bonds is 6. The summed E-state index contributed by atoms with van der Waals surface area (Å²) < 4.78 is 9.95. The van der Waals surface area contributed by atoms with Crippen molar-refractivity contribution >= 4 is 11.8 Å². The number of nitrogens with two attached hydrogens (primary N) is 1. The summed E-state index contributed by atoms with van der Waals surface area (Å²) in [5, 5.41) is 0. The summed E-state index contributed by atoms with van der Waals surface area (Å²) in [5.41, 5.74) is 5.40. The molecule has 1 aromatic heterocycles. The minimum atomic E-state index is -0.506. The molecule has 19 heavy (non-hydrogen) atoms. The fourth-order valence-electron chi connectivity index (χ4n) is 1.68. The SMILES string of the molecule is CCOC(=O)Cc1c(N)nc(C(CC)OC)[nH]c1=O. The van der Waals surface area contributed by atoms with Crippen LogP contribution in [0.15, 0.2) is 4.79 Å². The van der Waals surface area contributed by atoms with E-state index in [1.54, 1.807) is 6.92 Å². The average molecular weight is 269 g/mol. The van der Waals surface area contributed by atoms with Crippen LogP contribution in [0.25, 0.3) is 0 Å². The summed E-state index contributed by atoms with van der Waals surface area (Å²) in [6, 6.07) is 0. The third-order valence-corrected chi connectivity index (χ3v) is 2.65. The predicted octanol–water partition coefficient (Wildman–Crippen LogP) is 0.555. The third-order valence-electron chi connectivity index (χ3n) is 2.65. The molecule has 0 aliphatic rings. The lowest BCUT2D eigenvalue weighted by molar-refractivity contribution is -0.142. The topological polar surface area (TPSA) is 107 Å². The summed E-state index contributed by atoms with van der Waals surface area (Å²) in [6.07, 6.45) is 0.133. The van der Waals surface area contributed by atoms with Crippen LogP contribution in [0.2, 0.25) is 0 Å². The lowest BCUT2D eigenvalue weighted by Gasteiger charge is -2.13. The second-order valence-corrected chi connectivity index (χ2v) is 3.93. The number of hydrogen-bond acceptors (Lipinski definition) is 6.